The number of carbonyl (C=O) groups is 1. The second-order valence-corrected chi connectivity index (χ2v) is 3.21. The molecule has 0 saturated carbocycles. The zero-order valence-corrected chi connectivity index (χ0v) is 8.72. The molecule has 0 atom stereocenters. The molecular formula is C10H9ClF2O2. The molecule has 0 N–H and O–H groups in total. The molecule has 0 saturated heterocycles. The topological polar surface area (TPSA) is 26.3 Å². The molecule has 82 valence electrons. The minimum Gasteiger partial charge on any atom is -0.433 e. The van der Waals surface area contributed by atoms with Gasteiger partial charge in [-0.15, -0.1) is 0 Å². The van der Waals surface area contributed by atoms with Crippen LogP contribution in [0.2, 0.25) is 5.02 Å². The zero-order valence-electron chi connectivity index (χ0n) is 7.97. The summed E-state index contributed by atoms with van der Waals surface area (Å²) in [5, 5.41) is 0.00889. The van der Waals surface area contributed by atoms with Gasteiger partial charge in [-0.25, -0.2) is 0 Å². The summed E-state index contributed by atoms with van der Waals surface area (Å²) in [5.41, 5.74) is 0.393. The molecule has 1 aromatic carbocycles. The van der Waals surface area contributed by atoms with Gasteiger partial charge in [0.25, 0.3) is 0 Å². The van der Waals surface area contributed by atoms with Crippen LogP contribution in [0.15, 0.2) is 18.2 Å². The van der Waals surface area contributed by atoms with Gasteiger partial charge in [-0.3, -0.25) is 4.79 Å². The van der Waals surface area contributed by atoms with Gasteiger partial charge in [0.15, 0.2) is 5.78 Å². The number of hydrogen-bond donors (Lipinski definition) is 0. The van der Waals surface area contributed by atoms with E-state index >= 15 is 0 Å². The molecule has 0 aliphatic rings. The molecule has 0 aliphatic heterocycles. The van der Waals surface area contributed by atoms with Crippen LogP contribution in [0.5, 0.6) is 5.75 Å². The summed E-state index contributed by atoms with van der Waals surface area (Å²) in [4.78, 5) is 11.3. The number of hydrogen-bond acceptors (Lipinski definition) is 2. The van der Waals surface area contributed by atoms with Gasteiger partial charge in [-0.2, -0.15) is 8.78 Å². The number of ketones is 1. The average molecular weight is 235 g/mol. The summed E-state index contributed by atoms with van der Waals surface area (Å²) in [5.74, 6) is -0.222. The number of Topliss-reactive ketones (excluding diaryl/α,β-unsaturated/α-hetero) is 1. The SMILES string of the molecule is CCC(=O)c1ccc(OC(F)F)c(Cl)c1. The van der Waals surface area contributed by atoms with Crippen LogP contribution >= 0.6 is 11.6 Å². The van der Waals surface area contributed by atoms with Crippen LogP contribution in [0.25, 0.3) is 0 Å². The molecule has 0 heterocycles. The van der Waals surface area contributed by atoms with Crippen molar-refractivity contribution in [2.45, 2.75) is 20.0 Å². The lowest BCUT2D eigenvalue weighted by Crippen LogP contribution is -2.03. The maximum absolute atomic E-state index is 11.9. The second kappa shape index (κ2) is 5.07. The van der Waals surface area contributed by atoms with E-state index in [9.17, 15) is 13.6 Å². The monoisotopic (exact) mass is 234 g/mol. The Bertz CT molecular complexity index is 366. The Morgan fingerprint density at radius 2 is 2.20 bits per heavy atom. The van der Waals surface area contributed by atoms with E-state index in [1.807, 2.05) is 0 Å². The molecule has 0 amide bonds. The number of benzene rings is 1. The highest BCUT2D eigenvalue weighted by molar-refractivity contribution is 6.32. The summed E-state index contributed by atoms with van der Waals surface area (Å²) in [6.07, 6.45) is 0.339. The number of halogens is 3. The van der Waals surface area contributed by atoms with E-state index in [0.29, 0.717) is 12.0 Å². The third-order valence-corrected chi connectivity index (χ3v) is 2.09. The van der Waals surface area contributed by atoms with Crippen molar-refractivity contribution in [1.29, 1.82) is 0 Å². The Morgan fingerprint density at radius 1 is 1.53 bits per heavy atom. The van der Waals surface area contributed by atoms with Crippen LogP contribution in [0.1, 0.15) is 23.7 Å². The standard InChI is InChI=1S/C10H9ClF2O2/c1-2-8(14)6-3-4-9(7(11)5-6)15-10(12)13/h3-5,10H,2H2,1H3. The summed E-state index contributed by atoms with van der Waals surface area (Å²) >= 11 is 5.66. The minimum absolute atomic E-state index is 0.00889. The normalized spacial score (nSPS) is 10.5. The molecule has 1 aromatic rings. The molecule has 0 bridgehead atoms. The van der Waals surface area contributed by atoms with Crippen molar-refractivity contribution in [2.75, 3.05) is 0 Å². The summed E-state index contributed by atoms with van der Waals surface area (Å²) in [7, 11) is 0. The van der Waals surface area contributed by atoms with E-state index in [0.717, 1.165) is 0 Å². The summed E-state index contributed by atoms with van der Waals surface area (Å²) in [6, 6.07) is 4.00. The molecule has 2 nitrogen and oxygen atoms in total. The molecule has 1 rings (SSSR count). The highest BCUT2D eigenvalue weighted by Crippen LogP contribution is 2.27. The van der Waals surface area contributed by atoms with Crippen molar-refractivity contribution in [3.8, 4) is 5.75 Å². The highest BCUT2D eigenvalue weighted by atomic mass is 35.5. The van der Waals surface area contributed by atoms with Crippen LogP contribution in [0, 0.1) is 0 Å². The molecule has 5 heteroatoms. The second-order valence-electron chi connectivity index (χ2n) is 2.80. The Morgan fingerprint density at radius 3 is 2.67 bits per heavy atom. The number of alkyl halides is 2. The van der Waals surface area contributed by atoms with Crippen molar-refractivity contribution in [1.82, 2.24) is 0 Å². The fourth-order valence-electron chi connectivity index (χ4n) is 1.07. The first-order chi connectivity index (χ1) is 7.04. The number of ether oxygens (including phenoxy) is 1. The number of carbonyl (C=O) groups excluding carboxylic acids is 1. The predicted molar refractivity (Wildman–Crippen MR) is 52.7 cm³/mol. The lowest BCUT2D eigenvalue weighted by molar-refractivity contribution is -0.0497. The molecule has 0 fully saturated rings. The smallest absolute Gasteiger partial charge is 0.387 e. The molecule has 0 spiro atoms. The van der Waals surface area contributed by atoms with E-state index in [-0.39, 0.29) is 16.6 Å². The Labute approximate surface area is 90.8 Å². The molecule has 0 radical (unpaired) electrons. The van der Waals surface area contributed by atoms with Gasteiger partial charge in [-0.05, 0) is 18.2 Å². The van der Waals surface area contributed by atoms with Crippen molar-refractivity contribution >= 4 is 17.4 Å². The van der Waals surface area contributed by atoms with Gasteiger partial charge in [-0.1, -0.05) is 18.5 Å². The maximum atomic E-state index is 11.9. The quantitative estimate of drug-likeness (QED) is 0.745. The Balaban J connectivity index is 2.93. The van der Waals surface area contributed by atoms with Crippen molar-refractivity contribution in [2.24, 2.45) is 0 Å². The van der Waals surface area contributed by atoms with Crippen LogP contribution in [0.4, 0.5) is 8.78 Å². The fraction of sp³-hybridized carbons (Fsp3) is 0.300. The third kappa shape index (κ3) is 3.16. The van der Waals surface area contributed by atoms with Crippen LogP contribution in [-0.2, 0) is 0 Å². The first-order valence-electron chi connectivity index (χ1n) is 4.32. The largest absolute Gasteiger partial charge is 0.433 e. The van der Waals surface area contributed by atoms with E-state index in [1.165, 1.54) is 18.2 Å². The molecular weight excluding hydrogens is 226 g/mol. The average Bonchev–Trinajstić information content (AvgIpc) is 2.19. The van der Waals surface area contributed by atoms with Crippen LogP contribution < -0.4 is 4.74 Å². The van der Waals surface area contributed by atoms with Gasteiger partial charge in [0, 0.05) is 12.0 Å². The van der Waals surface area contributed by atoms with Crippen LogP contribution in [-0.4, -0.2) is 12.4 Å². The van der Waals surface area contributed by atoms with Crippen molar-refractivity contribution in [3.63, 3.8) is 0 Å². The van der Waals surface area contributed by atoms with Crippen LogP contribution in [0.3, 0.4) is 0 Å². The van der Waals surface area contributed by atoms with Gasteiger partial charge in [0.1, 0.15) is 5.75 Å². The van der Waals surface area contributed by atoms with Gasteiger partial charge < -0.3 is 4.74 Å². The molecule has 0 aromatic heterocycles. The lowest BCUT2D eigenvalue weighted by atomic mass is 10.1. The zero-order chi connectivity index (χ0) is 11.4. The van der Waals surface area contributed by atoms with Crippen molar-refractivity contribution < 1.29 is 18.3 Å². The lowest BCUT2D eigenvalue weighted by Gasteiger charge is -2.07. The Hall–Kier alpha value is -1.16. The molecule has 0 unspecified atom stereocenters. The third-order valence-electron chi connectivity index (χ3n) is 1.79. The first kappa shape index (κ1) is 11.9. The molecule has 0 aliphatic carbocycles. The minimum atomic E-state index is -2.92. The Kier molecular flexibility index (Phi) is 4.03. The van der Waals surface area contributed by atoms with Gasteiger partial charge in [0.2, 0.25) is 0 Å². The summed E-state index contributed by atoms with van der Waals surface area (Å²) < 4.78 is 27.9. The van der Waals surface area contributed by atoms with Crippen molar-refractivity contribution in [3.05, 3.63) is 28.8 Å². The van der Waals surface area contributed by atoms with E-state index in [2.05, 4.69) is 4.74 Å². The van der Waals surface area contributed by atoms with Gasteiger partial charge in [0.05, 0.1) is 5.02 Å². The maximum Gasteiger partial charge on any atom is 0.387 e. The molecule has 15 heavy (non-hydrogen) atoms. The fourth-order valence-corrected chi connectivity index (χ4v) is 1.30. The van der Waals surface area contributed by atoms with Gasteiger partial charge >= 0.3 is 6.61 Å². The van der Waals surface area contributed by atoms with E-state index < -0.39 is 6.61 Å². The summed E-state index contributed by atoms with van der Waals surface area (Å²) in [6.45, 7) is -1.21. The first-order valence-corrected chi connectivity index (χ1v) is 4.70. The van der Waals surface area contributed by atoms with E-state index in [4.69, 9.17) is 11.6 Å². The highest BCUT2D eigenvalue weighted by Gasteiger charge is 2.11. The number of rotatable bonds is 4. The van der Waals surface area contributed by atoms with E-state index in [1.54, 1.807) is 6.92 Å². The predicted octanol–water partition coefficient (Wildman–Crippen LogP) is 3.53.